The van der Waals surface area contributed by atoms with Crippen LogP contribution in [0, 0.1) is 0 Å². The summed E-state index contributed by atoms with van der Waals surface area (Å²) in [4.78, 5) is 12.1. The van der Waals surface area contributed by atoms with E-state index in [-0.39, 0.29) is 12.0 Å². The van der Waals surface area contributed by atoms with Gasteiger partial charge in [0, 0.05) is 12.1 Å². The van der Waals surface area contributed by atoms with Crippen molar-refractivity contribution >= 4 is 5.91 Å². The molecule has 1 unspecified atom stereocenters. The summed E-state index contributed by atoms with van der Waals surface area (Å²) < 4.78 is 0. The molecule has 1 amide bonds. The SMILES string of the molecule is CNCCc1ccccc1C(=O)NCCCC(C)O. The van der Waals surface area contributed by atoms with Crippen LogP contribution in [0.1, 0.15) is 35.7 Å². The highest BCUT2D eigenvalue weighted by molar-refractivity contribution is 5.95. The first-order chi connectivity index (χ1) is 9.15. The maximum atomic E-state index is 12.1. The van der Waals surface area contributed by atoms with Gasteiger partial charge < -0.3 is 15.7 Å². The summed E-state index contributed by atoms with van der Waals surface area (Å²) in [6, 6.07) is 7.68. The van der Waals surface area contributed by atoms with E-state index in [1.165, 1.54) is 0 Å². The Morgan fingerprint density at radius 2 is 2.05 bits per heavy atom. The number of carbonyl (C=O) groups is 1. The second-order valence-electron chi connectivity index (χ2n) is 4.76. The Morgan fingerprint density at radius 3 is 2.74 bits per heavy atom. The third-order valence-corrected chi connectivity index (χ3v) is 2.99. The van der Waals surface area contributed by atoms with Crippen molar-refractivity contribution < 1.29 is 9.90 Å². The van der Waals surface area contributed by atoms with Gasteiger partial charge >= 0.3 is 0 Å². The fourth-order valence-electron chi connectivity index (χ4n) is 1.91. The number of likely N-dealkylation sites (N-methyl/N-ethyl adjacent to an activating group) is 1. The smallest absolute Gasteiger partial charge is 0.251 e. The maximum absolute atomic E-state index is 12.1. The van der Waals surface area contributed by atoms with Gasteiger partial charge in [0.25, 0.3) is 5.91 Å². The molecule has 0 aliphatic carbocycles. The predicted octanol–water partition coefficient (Wildman–Crippen LogP) is 1.34. The Morgan fingerprint density at radius 1 is 1.32 bits per heavy atom. The fourth-order valence-corrected chi connectivity index (χ4v) is 1.91. The van der Waals surface area contributed by atoms with Crippen LogP contribution in [-0.4, -0.2) is 37.3 Å². The van der Waals surface area contributed by atoms with Crippen LogP contribution in [0.4, 0.5) is 0 Å². The van der Waals surface area contributed by atoms with Crippen molar-refractivity contribution in [1.29, 1.82) is 0 Å². The van der Waals surface area contributed by atoms with Crippen LogP contribution in [0.5, 0.6) is 0 Å². The average molecular weight is 264 g/mol. The maximum Gasteiger partial charge on any atom is 0.251 e. The zero-order valence-corrected chi connectivity index (χ0v) is 11.8. The van der Waals surface area contributed by atoms with Crippen molar-refractivity contribution in [3.8, 4) is 0 Å². The molecule has 3 N–H and O–H groups in total. The third kappa shape index (κ3) is 5.85. The number of hydrogen-bond acceptors (Lipinski definition) is 3. The third-order valence-electron chi connectivity index (χ3n) is 2.99. The van der Waals surface area contributed by atoms with Gasteiger partial charge in [0.05, 0.1) is 6.10 Å². The van der Waals surface area contributed by atoms with Crippen LogP contribution in [0.25, 0.3) is 0 Å². The van der Waals surface area contributed by atoms with Crippen molar-refractivity contribution in [2.24, 2.45) is 0 Å². The van der Waals surface area contributed by atoms with Crippen molar-refractivity contribution in [2.75, 3.05) is 20.1 Å². The normalized spacial score (nSPS) is 12.2. The molecular formula is C15H24N2O2. The van der Waals surface area contributed by atoms with Crippen LogP contribution in [-0.2, 0) is 6.42 Å². The molecule has 0 aliphatic rings. The standard InChI is InChI=1S/C15H24N2O2/c1-12(18)6-5-10-17-15(19)14-8-4-3-7-13(14)9-11-16-2/h3-4,7-8,12,16,18H,5-6,9-11H2,1-2H3,(H,17,19). The van der Waals surface area contributed by atoms with Crippen molar-refractivity contribution in [3.63, 3.8) is 0 Å². The highest BCUT2D eigenvalue weighted by Gasteiger charge is 2.09. The first-order valence-electron chi connectivity index (χ1n) is 6.84. The van der Waals surface area contributed by atoms with E-state index in [2.05, 4.69) is 10.6 Å². The number of carbonyl (C=O) groups excluding carboxylic acids is 1. The van der Waals surface area contributed by atoms with E-state index < -0.39 is 0 Å². The van der Waals surface area contributed by atoms with E-state index in [1.54, 1.807) is 6.92 Å². The molecule has 0 saturated carbocycles. The van der Waals surface area contributed by atoms with E-state index in [0.29, 0.717) is 13.0 Å². The van der Waals surface area contributed by atoms with Gasteiger partial charge in [-0.3, -0.25) is 4.79 Å². The fraction of sp³-hybridized carbons (Fsp3) is 0.533. The topological polar surface area (TPSA) is 61.4 Å². The van der Waals surface area contributed by atoms with E-state index in [0.717, 1.165) is 30.5 Å². The van der Waals surface area contributed by atoms with Crippen LogP contribution in [0.15, 0.2) is 24.3 Å². The molecule has 1 rings (SSSR count). The number of aliphatic hydroxyl groups is 1. The van der Waals surface area contributed by atoms with Gasteiger partial charge in [0.2, 0.25) is 0 Å². The minimum Gasteiger partial charge on any atom is -0.393 e. The lowest BCUT2D eigenvalue weighted by Crippen LogP contribution is -2.26. The van der Waals surface area contributed by atoms with Gasteiger partial charge in [0.15, 0.2) is 0 Å². The van der Waals surface area contributed by atoms with Crippen LogP contribution < -0.4 is 10.6 Å². The van der Waals surface area contributed by atoms with Gasteiger partial charge in [-0.15, -0.1) is 0 Å². The molecule has 1 atom stereocenters. The number of benzene rings is 1. The second kappa shape index (κ2) is 8.67. The molecule has 106 valence electrons. The predicted molar refractivity (Wildman–Crippen MR) is 77.3 cm³/mol. The summed E-state index contributed by atoms with van der Waals surface area (Å²) in [5, 5.41) is 15.1. The highest BCUT2D eigenvalue weighted by Crippen LogP contribution is 2.09. The lowest BCUT2D eigenvalue weighted by atomic mass is 10.0. The molecular weight excluding hydrogens is 240 g/mol. The average Bonchev–Trinajstić information content (AvgIpc) is 2.41. The molecule has 1 aromatic rings. The number of rotatable bonds is 8. The van der Waals surface area contributed by atoms with Crippen LogP contribution in [0.3, 0.4) is 0 Å². The second-order valence-corrected chi connectivity index (χ2v) is 4.76. The molecule has 0 heterocycles. The Balaban J connectivity index is 2.51. The molecule has 4 heteroatoms. The summed E-state index contributed by atoms with van der Waals surface area (Å²) in [7, 11) is 1.90. The highest BCUT2D eigenvalue weighted by atomic mass is 16.3. The number of nitrogens with one attached hydrogen (secondary N) is 2. The van der Waals surface area contributed by atoms with Crippen molar-refractivity contribution in [2.45, 2.75) is 32.3 Å². The van der Waals surface area contributed by atoms with E-state index in [4.69, 9.17) is 5.11 Å². The molecule has 0 aromatic heterocycles. The van der Waals surface area contributed by atoms with Crippen molar-refractivity contribution in [1.82, 2.24) is 10.6 Å². The summed E-state index contributed by atoms with van der Waals surface area (Å²) in [6.45, 7) is 3.21. The van der Waals surface area contributed by atoms with Gasteiger partial charge in [-0.2, -0.15) is 0 Å². The Kier molecular flexibility index (Phi) is 7.15. The zero-order chi connectivity index (χ0) is 14.1. The number of amides is 1. The lowest BCUT2D eigenvalue weighted by Gasteiger charge is -2.10. The first kappa shape index (κ1) is 15.7. The lowest BCUT2D eigenvalue weighted by molar-refractivity contribution is 0.0948. The Labute approximate surface area is 115 Å². The molecule has 0 radical (unpaired) electrons. The minimum absolute atomic E-state index is 0.0303. The monoisotopic (exact) mass is 264 g/mol. The molecule has 0 aliphatic heterocycles. The molecule has 4 nitrogen and oxygen atoms in total. The van der Waals surface area contributed by atoms with E-state index in [1.807, 2.05) is 31.3 Å². The summed E-state index contributed by atoms with van der Waals surface area (Å²) in [5.41, 5.74) is 1.81. The number of hydrogen-bond donors (Lipinski definition) is 3. The van der Waals surface area contributed by atoms with Gasteiger partial charge in [-0.05, 0) is 51.4 Å². The van der Waals surface area contributed by atoms with E-state index >= 15 is 0 Å². The molecule has 1 aromatic carbocycles. The molecule has 0 spiro atoms. The summed E-state index contributed by atoms with van der Waals surface area (Å²) in [5.74, 6) is -0.0303. The summed E-state index contributed by atoms with van der Waals surface area (Å²) in [6.07, 6.45) is 2.04. The van der Waals surface area contributed by atoms with Crippen molar-refractivity contribution in [3.05, 3.63) is 35.4 Å². The molecule has 0 bridgehead atoms. The molecule has 0 saturated heterocycles. The Bertz CT molecular complexity index is 391. The van der Waals surface area contributed by atoms with Gasteiger partial charge in [0.1, 0.15) is 0 Å². The van der Waals surface area contributed by atoms with Crippen LogP contribution >= 0.6 is 0 Å². The quantitative estimate of drug-likeness (QED) is 0.621. The Hall–Kier alpha value is -1.39. The zero-order valence-electron chi connectivity index (χ0n) is 11.8. The first-order valence-corrected chi connectivity index (χ1v) is 6.84. The van der Waals surface area contributed by atoms with E-state index in [9.17, 15) is 4.79 Å². The largest absolute Gasteiger partial charge is 0.393 e. The van der Waals surface area contributed by atoms with Gasteiger partial charge in [-0.25, -0.2) is 0 Å². The van der Waals surface area contributed by atoms with Crippen LogP contribution in [0.2, 0.25) is 0 Å². The number of aliphatic hydroxyl groups excluding tert-OH is 1. The van der Waals surface area contributed by atoms with Gasteiger partial charge in [-0.1, -0.05) is 18.2 Å². The minimum atomic E-state index is -0.306. The summed E-state index contributed by atoms with van der Waals surface area (Å²) >= 11 is 0. The molecule has 19 heavy (non-hydrogen) atoms. The molecule has 0 fully saturated rings.